The van der Waals surface area contributed by atoms with Crippen molar-refractivity contribution in [2.45, 2.75) is 6.42 Å². The first-order chi connectivity index (χ1) is 6.59. The highest BCUT2D eigenvalue weighted by Crippen LogP contribution is 2.15. The molecule has 0 unspecified atom stereocenters. The number of halogens is 2. The highest BCUT2D eigenvalue weighted by Gasteiger charge is 1.99. The topological polar surface area (TPSA) is 37.3 Å². The van der Waals surface area contributed by atoms with E-state index in [0.717, 1.165) is 0 Å². The van der Waals surface area contributed by atoms with E-state index in [1.165, 1.54) is 24.3 Å². The number of carboxylic acids is 1. The second-order valence-electron chi connectivity index (χ2n) is 2.67. The summed E-state index contributed by atoms with van der Waals surface area (Å²) in [6.07, 6.45) is 2.68. The third-order valence-electron chi connectivity index (χ3n) is 1.55. The van der Waals surface area contributed by atoms with Crippen molar-refractivity contribution < 1.29 is 14.3 Å². The molecular formula is C10H8ClFO2. The first-order valence-electron chi connectivity index (χ1n) is 3.93. The molecule has 0 bridgehead atoms. The van der Waals surface area contributed by atoms with Crippen LogP contribution in [0, 0.1) is 5.82 Å². The molecule has 4 heteroatoms. The van der Waals surface area contributed by atoms with Gasteiger partial charge in [-0.05, 0) is 12.1 Å². The van der Waals surface area contributed by atoms with Crippen LogP contribution in [0.3, 0.4) is 0 Å². The number of carboxylic acid groups (broad SMARTS) is 1. The van der Waals surface area contributed by atoms with Crippen LogP contribution in [0.15, 0.2) is 24.3 Å². The molecule has 0 fully saturated rings. The molecule has 14 heavy (non-hydrogen) atoms. The molecule has 0 atom stereocenters. The molecule has 0 aromatic heterocycles. The van der Waals surface area contributed by atoms with Crippen molar-refractivity contribution in [1.82, 2.24) is 0 Å². The van der Waals surface area contributed by atoms with Crippen molar-refractivity contribution in [1.29, 1.82) is 0 Å². The van der Waals surface area contributed by atoms with E-state index in [1.807, 2.05) is 0 Å². The summed E-state index contributed by atoms with van der Waals surface area (Å²) in [7, 11) is 0. The summed E-state index contributed by atoms with van der Waals surface area (Å²) in [5, 5.41) is 8.66. The van der Waals surface area contributed by atoms with Crippen LogP contribution in [-0.4, -0.2) is 11.1 Å². The molecule has 1 N–H and O–H groups in total. The minimum atomic E-state index is -0.948. The lowest BCUT2D eigenvalue weighted by Crippen LogP contribution is -1.90. The van der Waals surface area contributed by atoms with Gasteiger partial charge in [0.1, 0.15) is 5.82 Å². The van der Waals surface area contributed by atoms with E-state index in [4.69, 9.17) is 16.7 Å². The minimum absolute atomic E-state index is 0.123. The maximum absolute atomic E-state index is 13.1. The van der Waals surface area contributed by atoms with Crippen LogP contribution in [0.25, 0.3) is 6.08 Å². The number of benzene rings is 1. The summed E-state index contributed by atoms with van der Waals surface area (Å²) in [6.45, 7) is 0. The second-order valence-corrected chi connectivity index (χ2v) is 3.10. The average Bonchev–Trinajstić information content (AvgIpc) is 2.08. The number of rotatable bonds is 3. The lowest BCUT2D eigenvalue weighted by atomic mass is 10.2. The summed E-state index contributed by atoms with van der Waals surface area (Å²) in [5.74, 6) is -1.41. The fraction of sp³-hybridized carbons (Fsp3) is 0.100. The average molecular weight is 215 g/mol. The van der Waals surface area contributed by atoms with Crippen molar-refractivity contribution in [2.24, 2.45) is 0 Å². The Morgan fingerprint density at radius 1 is 1.57 bits per heavy atom. The largest absolute Gasteiger partial charge is 0.481 e. The lowest BCUT2D eigenvalue weighted by molar-refractivity contribution is -0.135. The summed E-state index contributed by atoms with van der Waals surface area (Å²) in [6, 6.07) is 4.23. The Balaban J connectivity index is 2.76. The molecule has 0 aliphatic heterocycles. The van der Waals surface area contributed by atoms with Crippen molar-refractivity contribution in [3.63, 3.8) is 0 Å². The Labute approximate surface area is 85.6 Å². The van der Waals surface area contributed by atoms with Crippen molar-refractivity contribution >= 4 is 23.6 Å². The molecule has 0 aliphatic carbocycles. The van der Waals surface area contributed by atoms with Crippen LogP contribution >= 0.6 is 11.6 Å². The van der Waals surface area contributed by atoms with Gasteiger partial charge >= 0.3 is 5.97 Å². The van der Waals surface area contributed by atoms with Gasteiger partial charge in [-0.25, -0.2) is 4.39 Å². The van der Waals surface area contributed by atoms with Gasteiger partial charge in [0.15, 0.2) is 0 Å². The SMILES string of the molecule is O=C(O)CC=Cc1ccc(Cl)cc1F. The van der Waals surface area contributed by atoms with Crippen LogP contribution in [-0.2, 0) is 4.79 Å². The number of hydrogen-bond donors (Lipinski definition) is 1. The van der Waals surface area contributed by atoms with E-state index in [-0.39, 0.29) is 6.42 Å². The Hall–Kier alpha value is -1.35. The molecule has 1 aromatic carbocycles. The highest BCUT2D eigenvalue weighted by atomic mass is 35.5. The van der Waals surface area contributed by atoms with E-state index in [9.17, 15) is 9.18 Å². The number of aliphatic carboxylic acids is 1. The van der Waals surface area contributed by atoms with Crippen LogP contribution in [0.4, 0.5) is 4.39 Å². The Morgan fingerprint density at radius 3 is 2.86 bits per heavy atom. The summed E-state index contributed by atoms with van der Waals surface area (Å²) in [4.78, 5) is 10.2. The van der Waals surface area contributed by atoms with Crippen molar-refractivity contribution in [3.8, 4) is 0 Å². The molecule has 0 amide bonds. The molecule has 0 saturated heterocycles. The fourth-order valence-corrected chi connectivity index (χ4v) is 1.08. The van der Waals surface area contributed by atoms with E-state index in [2.05, 4.69) is 0 Å². The normalized spacial score (nSPS) is 10.7. The molecular weight excluding hydrogens is 207 g/mol. The standard InChI is InChI=1S/C10H8ClFO2/c11-8-5-4-7(9(12)6-8)2-1-3-10(13)14/h1-2,4-6H,3H2,(H,13,14). The first-order valence-corrected chi connectivity index (χ1v) is 4.31. The zero-order chi connectivity index (χ0) is 10.6. The summed E-state index contributed by atoms with van der Waals surface area (Å²) < 4.78 is 13.1. The predicted octanol–water partition coefficient (Wildman–Crippen LogP) is 2.97. The zero-order valence-corrected chi connectivity index (χ0v) is 7.96. The Kier molecular flexibility index (Phi) is 3.65. The summed E-state index contributed by atoms with van der Waals surface area (Å²) in [5.41, 5.74) is 0.329. The van der Waals surface area contributed by atoms with Crippen molar-refractivity contribution in [3.05, 3.63) is 40.7 Å². The van der Waals surface area contributed by atoms with Crippen LogP contribution in [0.1, 0.15) is 12.0 Å². The third kappa shape index (κ3) is 3.18. The monoisotopic (exact) mass is 214 g/mol. The van der Waals surface area contributed by atoms with Gasteiger partial charge in [0.05, 0.1) is 6.42 Å². The minimum Gasteiger partial charge on any atom is -0.481 e. The number of carbonyl (C=O) groups is 1. The quantitative estimate of drug-likeness (QED) is 0.840. The second kappa shape index (κ2) is 4.77. The molecule has 1 aromatic rings. The molecule has 0 heterocycles. The van der Waals surface area contributed by atoms with Crippen LogP contribution < -0.4 is 0 Å². The highest BCUT2D eigenvalue weighted by molar-refractivity contribution is 6.30. The van der Waals surface area contributed by atoms with E-state index < -0.39 is 11.8 Å². The molecule has 0 spiro atoms. The predicted molar refractivity (Wildman–Crippen MR) is 52.7 cm³/mol. The van der Waals surface area contributed by atoms with E-state index in [1.54, 1.807) is 6.07 Å². The van der Waals surface area contributed by atoms with Crippen molar-refractivity contribution in [2.75, 3.05) is 0 Å². The number of hydrogen-bond acceptors (Lipinski definition) is 1. The zero-order valence-electron chi connectivity index (χ0n) is 7.21. The Bertz CT molecular complexity index is 374. The molecule has 0 radical (unpaired) electrons. The smallest absolute Gasteiger partial charge is 0.307 e. The Morgan fingerprint density at radius 2 is 2.29 bits per heavy atom. The van der Waals surface area contributed by atoms with Crippen LogP contribution in [0.2, 0.25) is 5.02 Å². The summed E-state index contributed by atoms with van der Waals surface area (Å²) >= 11 is 5.54. The van der Waals surface area contributed by atoms with Gasteiger partial charge in [-0.1, -0.05) is 29.8 Å². The maximum atomic E-state index is 13.1. The molecule has 74 valence electrons. The van der Waals surface area contributed by atoms with Gasteiger partial charge in [0, 0.05) is 10.6 Å². The fourth-order valence-electron chi connectivity index (χ4n) is 0.923. The third-order valence-corrected chi connectivity index (χ3v) is 1.79. The lowest BCUT2D eigenvalue weighted by Gasteiger charge is -1.96. The van der Waals surface area contributed by atoms with E-state index >= 15 is 0 Å². The molecule has 0 saturated carbocycles. The first kappa shape index (κ1) is 10.7. The van der Waals surface area contributed by atoms with Crippen LogP contribution in [0.5, 0.6) is 0 Å². The maximum Gasteiger partial charge on any atom is 0.307 e. The van der Waals surface area contributed by atoms with E-state index in [0.29, 0.717) is 10.6 Å². The van der Waals surface area contributed by atoms with Gasteiger partial charge < -0.3 is 5.11 Å². The van der Waals surface area contributed by atoms with Gasteiger partial charge in [0.2, 0.25) is 0 Å². The van der Waals surface area contributed by atoms with Gasteiger partial charge in [-0.3, -0.25) is 4.79 Å². The molecule has 0 aliphatic rings. The van der Waals surface area contributed by atoms with Gasteiger partial charge in [-0.15, -0.1) is 0 Å². The molecule has 2 nitrogen and oxygen atoms in total. The molecule has 1 rings (SSSR count). The van der Waals surface area contributed by atoms with Gasteiger partial charge in [-0.2, -0.15) is 0 Å². The van der Waals surface area contributed by atoms with Gasteiger partial charge in [0.25, 0.3) is 0 Å².